The lowest BCUT2D eigenvalue weighted by molar-refractivity contribution is -0.688. The highest BCUT2D eigenvalue weighted by atomic mass is 16.1. The third kappa shape index (κ3) is 3.61. The fraction of sp³-hybridized carbons (Fsp3) is 0.105. The molecular formula is C19H17N2O2+. The van der Waals surface area contributed by atoms with Crippen molar-refractivity contribution in [2.45, 2.75) is 13.0 Å². The number of benzene rings is 2. The lowest BCUT2D eigenvalue weighted by Crippen LogP contribution is -2.40. The van der Waals surface area contributed by atoms with E-state index in [0.717, 1.165) is 5.82 Å². The molecule has 3 rings (SSSR count). The normalized spacial score (nSPS) is 10.4. The highest BCUT2D eigenvalue weighted by molar-refractivity contribution is 5.97. The van der Waals surface area contributed by atoms with Crippen molar-refractivity contribution < 1.29 is 14.2 Å². The molecule has 3 aromatic rings. The fourth-order valence-electron chi connectivity index (χ4n) is 2.45. The van der Waals surface area contributed by atoms with Crippen LogP contribution >= 0.6 is 0 Å². The molecule has 0 atom stereocenters. The zero-order valence-corrected chi connectivity index (χ0v) is 12.6. The van der Waals surface area contributed by atoms with Crippen LogP contribution in [0.5, 0.6) is 0 Å². The molecule has 4 heteroatoms. The molecule has 23 heavy (non-hydrogen) atoms. The van der Waals surface area contributed by atoms with Gasteiger partial charge in [-0.05, 0) is 0 Å². The van der Waals surface area contributed by atoms with Gasteiger partial charge in [-0.2, -0.15) is 0 Å². The standard InChI is InChI=1S/C19H16N2O2/c22-17(15-7-3-1-4-8-15)13-19-20-11-12-21(19)14-18(23)16-9-5-2-6-10-16/h1-12H,13-14H2/p+1. The summed E-state index contributed by atoms with van der Waals surface area (Å²) in [6, 6.07) is 18.3. The van der Waals surface area contributed by atoms with Gasteiger partial charge in [0, 0.05) is 11.1 Å². The first-order valence-corrected chi connectivity index (χ1v) is 7.46. The van der Waals surface area contributed by atoms with Crippen molar-refractivity contribution >= 4 is 11.6 Å². The summed E-state index contributed by atoms with van der Waals surface area (Å²) in [5.41, 5.74) is 1.34. The Morgan fingerprint density at radius 1 is 0.826 bits per heavy atom. The van der Waals surface area contributed by atoms with Crippen LogP contribution in [0.15, 0.2) is 73.1 Å². The second kappa shape index (κ2) is 6.83. The van der Waals surface area contributed by atoms with Gasteiger partial charge >= 0.3 is 0 Å². The van der Waals surface area contributed by atoms with Gasteiger partial charge < -0.3 is 0 Å². The molecule has 4 nitrogen and oxygen atoms in total. The smallest absolute Gasteiger partial charge is 0.262 e. The van der Waals surface area contributed by atoms with E-state index in [-0.39, 0.29) is 24.5 Å². The minimum absolute atomic E-state index is 0.0172. The van der Waals surface area contributed by atoms with E-state index in [0.29, 0.717) is 11.1 Å². The first-order chi connectivity index (χ1) is 11.2. The number of nitrogens with zero attached hydrogens (tertiary/aromatic N) is 1. The molecule has 0 amide bonds. The maximum absolute atomic E-state index is 12.3. The summed E-state index contributed by atoms with van der Waals surface area (Å²) in [5, 5.41) is 0. The topological polar surface area (TPSA) is 53.8 Å². The monoisotopic (exact) mass is 305 g/mol. The van der Waals surface area contributed by atoms with Crippen molar-refractivity contribution in [2.24, 2.45) is 0 Å². The molecule has 1 aromatic heterocycles. The van der Waals surface area contributed by atoms with Crippen LogP contribution in [0.3, 0.4) is 0 Å². The van der Waals surface area contributed by atoms with Crippen molar-refractivity contribution in [1.29, 1.82) is 0 Å². The average molecular weight is 305 g/mol. The van der Waals surface area contributed by atoms with E-state index in [4.69, 9.17) is 0 Å². The summed E-state index contributed by atoms with van der Waals surface area (Å²) in [5.74, 6) is 0.765. The number of carbonyl (C=O) groups is 2. The SMILES string of the molecule is O=C(Cc1[nH]cc[n+]1CC(=O)c1ccccc1)c1ccccc1. The quantitative estimate of drug-likeness (QED) is 0.562. The number of Topliss-reactive ketones (excluding diaryl/α,β-unsaturated/α-hetero) is 2. The highest BCUT2D eigenvalue weighted by Gasteiger charge is 2.19. The molecule has 0 saturated carbocycles. The second-order valence-corrected chi connectivity index (χ2v) is 5.29. The molecule has 0 aliphatic carbocycles. The molecule has 0 saturated heterocycles. The Kier molecular flexibility index (Phi) is 4.43. The van der Waals surface area contributed by atoms with Crippen LogP contribution in [0.25, 0.3) is 0 Å². The lowest BCUT2D eigenvalue weighted by Gasteiger charge is -2.02. The molecule has 0 aliphatic heterocycles. The van der Waals surface area contributed by atoms with Gasteiger partial charge in [-0.1, -0.05) is 60.7 Å². The largest absolute Gasteiger partial charge is 0.293 e. The van der Waals surface area contributed by atoms with Gasteiger partial charge in [0.25, 0.3) is 5.82 Å². The van der Waals surface area contributed by atoms with Crippen molar-refractivity contribution in [2.75, 3.05) is 0 Å². The van der Waals surface area contributed by atoms with Crippen LogP contribution in [-0.4, -0.2) is 16.6 Å². The highest BCUT2D eigenvalue weighted by Crippen LogP contribution is 2.04. The van der Waals surface area contributed by atoms with Gasteiger partial charge in [-0.25, -0.2) is 9.55 Å². The van der Waals surface area contributed by atoms with Crippen molar-refractivity contribution in [3.63, 3.8) is 0 Å². The van der Waals surface area contributed by atoms with Crippen LogP contribution in [0.4, 0.5) is 0 Å². The number of rotatable bonds is 6. The summed E-state index contributed by atoms with van der Waals surface area (Å²) in [6.07, 6.45) is 3.76. The van der Waals surface area contributed by atoms with Crippen LogP contribution < -0.4 is 4.57 Å². The Labute approximate surface area is 134 Å². The Bertz CT molecular complexity index is 740. The molecule has 1 N–H and O–H groups in total. The summed E-state index contributed by atoms with van der Waals surface area (Å²) >= 11 is 0. The fourth-order valence-corrected chi connectivity index (χ4v) is 2.45. The maximum atomic E-state index is 12.3. The number of hydrogen-bond acceptors (Lipinski definition) is 2. The minimum atomic E-state index is 0.0172. The van der Waals surface area contributed by atoms with Gasteiger partial charge in [0.2, 0.25) is 5.78 Å². The van der Waals surface area contributed by atoms with E-state index in [9.17, 15) is 9.59 Å². The molecule has 0 bridgehead atoms. The van der Waals surface area contributed by atoms with E-state index in [1.807, 2.05) is 36.4 Å². The van der Waals surface area contributed by atoms with E-state index in [2.05, 4.69) is 4.98 Å². The zero-order chi connectivity index (χ0) is 16.1. The molecular weight excluding hydrogens is 288 g/mol. The Hall–Kier alpha value is -3.01. The van der Waals surface area contributed by atoms with Crippen molar-refractivity contribution in [3.05, 3.63) is 90.0 Å². The van der Waals surface area contributed by atoms with Gasteiger partial charge in [0.15, 0.2) is 12.3 Å². The summed E-state index contributed by atoms with van der Waals surface area (Å²) in [4.78, 5) is 27.7. The Balaban J connectivity index is 1.73. The minimum Gasteiger partial charge on any atom is -0.293 e. The summed E-state index contributed by atoms with van der Waals surface area (Å²) in [7, 11) is 0. The number of aromatic amines is 1. The summed E-state index contributed by atoms with van der Waals surface area (Å²) in [6.45, 7) is 0.213. The molecule has 2 aromatic carbocycles. The second-order valence-electron chi connectivity index (χ2n) is 5.29. The van der Waals surface area contributed by atoms with Crippen LogP contribution in [-0.2, 0) is 13.0 Å². The molecule has 114 valence electrons. The predicted octanol–water partition coefficient (Wildman–Crippen LogP) is 2.61. The molecule has 1 heterocycles. The first-order valence-electron chi connectivity index (χ1n) is 7.46. The number of hydrogen-bond donors (Lipinski definition) is 1. The van der Waals surface area contributed by atoms with Crippen molar-refractivity contribution in [1.82, 2.24) is 4.98 Å². The number of aromatic nitrogens is 2. The number of nitrogens with one attached hydrogen (secondary N) is 1. The molecule has 0 spiro atoms. The molecule has 0 radical (unpaired) electrons. The number of H-pyrrole nitrogens is 1. The predicted molar refractivity (Wildman–Crippen MR) is 86.2 cm³/mol. The van der Waals surface area contributed by atoms with Crippen LogP contribution in [0.1, 0.15) is 26.5 Å². The molecule has 0 aliphatic rings. The lowest BCUT2D eigenvalue weighted by atomic mass is 10.1. The van der Waals surface area contributed by atoms with E-state index in [1.54, 1.807) is 41.2 Å². The van der Waals surface area contributed by atoms with Gasteiger partial charge in [-0.3, -0.25) is 9.59 Å². The van der Waals surface area contributed by atoms with Gasteiger partial charge in [0.1, 0.15) is 18.8 Å². The van der Waals surface area contributed by atoms with E-state index >= 15 is 0 Å². The van der Waals surface area contributed by atoms with Crippen LogP contribution in [0, 0.1) is 0 Å². The zero-order valence-electron chi connectivity index (χ0n) is 12.6. The van der Waals surface area contributed by atoms with Gasteiger partial charge in [0.05, 0.1) is 0 Å². The van der Waals surface area contributed by atoms with E-state index < -0.39 is 0 Å². The first kappa shape index (κ1) is 14.9. The van der Waals surface area contributed by atoms with Crippen LogP contribution in [0.2, 0.25) is 0 Å². The Morgan fingerprint density at radius 3 is 2.00 bits per heavy atom. The van der Waals surface area contributed by atoms with Gasteiger partial charge in [-0.15, -0.1) is 0 Å². The Morgan fingerprint density at radius 2 is 1.39 bits per heavy atom. The molecule has 0 fully saturated rings. The van der Waals surface area contributed by atoms with Crippen molar-refractivity contribution in [3.8, 4) is 0 Å². The maximum Gasteiger partial charge on any atom is 0.262 e. The number of ketones is 2. The average Bonchev–Trinajstić information content (AvgIpc) is 3.03. The van der Waals surface area contributed by atoms with E-state index in [1.165, 1.54) is 0 Å². The number of carbonyl (C=O) groups excluding carboxylic acids is 2. The third-order valence-electron chi connectivity index (χ3n) is 3.68. The summed E-state index contributed by atoms with van der Waals surface area (Å²) < 4.78 is 1.79. The third-order valence-corrected chi connectivity index (χ3v) is 3.68. The number of imidazole rings is 1. The molecule has 0 unspecified atom stereocenters.